The van der Waals surface area contributed by atoms with Crippen LogP contribution < -0.4 is 0 Å². The molecule has 0 bridgehead atoms. The van der Waals surface area contributed by atoms with Crippen molar-refractivity contribution in [1.29, 1.82) is 0 Å². The van der Waals surface area contributed by atoms with Crippen LogP contribution in [-0.4, -0.2) is 35.9 Å². The van der Waals surface area contributed by atoms with Crippen molar-refractivity contribution in [2.75, 3.05) is 13.2 Å². The zero-order valence-corrected chi connectivity index (χ0v) is 15.8. The van der Waals surface area contributed by atoms with Crippen LogP contribution in [-0.2, 0) is 9.47 Å². The predicted molar refractivity (Wildman–Crippen MR) is 94.6 cm³/mol. The quantitative estimate of drug-likeness (QED) is 0.627. The molecule has 0 saturated heterocycles. The standard InChI is InChI=1S/C18H21NO5S/c1-6-23-17(21)15-10(3)16(19-11(15)4)18(22)24-8-14(20)13-7-9(2)25-12(13)5/h7,19H,6,8H2,1-5H3. The number of H-pyrrole nitrogens is 1. The zero-order valence-electron chi connectivity index (χ0n) is 14.9. The van der Waals surface area contributed by atoms with E-state index in [1.165, 1.54) is 11.3 Å². The van der Waals surface area contributed by atoms with Crippen molar-refractivity contribution in [3.63, 3.8) is 0 Å². The largest absolute Gasteiger partial charge is 0.462 e. The molecular formula is C18H21NO5S. The Bertz CT molecular complexity index is 831. The molecule has 0 amide bonds. The summed E-state index contributed by atoms with van der Waals surface area (Å²) in [5, 5.41) is 0. The molecule has 0 unspecified atom stereocenters. The van der Waals surface area contributed by atoms with E-state index >= 15 is 0 Å². The van der Waals surface area contributed by atoms with Crippen LogP contribution >= 0.6 is 11.3 Å². The summed E-state index contributed by atoms with van der Waals surface area (Å²) in [6.07, 6.45) is 0. The molecule has 2 rings (SSSR count). The number of aryl methyl sites for hydroxylation is 3. The van der Waals surface area contributed by atoms with Crippen LogP contribution in [0.5, 0.6) is 0 Å². The number of rotatable bonds is 6. The number of hydrogen-bond donors (Lipinski definition) is 1. The first-order valence-corrected chi connectivity index (χ1v) is 8.71. The molecule has 2 aromatic rings. The van der Waals surface area contributed by atoms with Gasteiger partial charge in [0, 0.05) is 21.0 Å². The molecule has 2 aromatic heterocycles. The van der Waals surface area contributed by atoms with Crippen molar-refractivity contribution in [1.82, 2.24) is 4.98 Å². The Labute approximate surface area is 150 Å². The summed E-state index contributed by atoms with van der Waals surface area (Å²) in [6.45, 7) is 8.71. The molecule has 0 aromatic carbocycles. The predicted octanol–water partition coefficient (Wildman–Crippen LogP) is 3.53. The summed E-state index contributed by atoms with van der Waals surface area (Å²) in [5.41, 5.74) is 2.03. The van der Waals surface area contributed by atoms with Gasteiger partial charge in [-0.2, -0.15) is 0 Å². The Kier molecular flexibility index (Phi) is 5.79. The van der Waals surface area contributed by atoms with Gasteiger partial charge in [-0.15, -0.1) is 11.3 Å². The van der Waals surface area contributed by atoms with E-state index in [0.717, 1.165) is 9.75 Å². The Morgan fingerprint density at radius 2 is 1.76 bits per heavy atom. The van der Waals surface area contributed by atoms with Gasteiger partial charge in [-0.05, 0) is 46.2 Å². The molecule has 0 saturated carbocycles. The molecule has 0 aliphatic carbocycles. The van der Waals surface area contributed by atoms with Gasteiger partial charge in [0.25, 0.3) is 0 Å². The van der Waals surface area contributed by atoms with Crippen LogP contribution in [0.3, 0.4) is 0 Å². The highest BCUT2D eigenvalue weighted by Crippen LogP contribution is 2.22. The summed E-state index contributed by atoms with van der Waals surface area (Å²) < 4.78 is 10.1. The summed E-state index contributed by atoms with van der Waals surface area (Å²) in [7, 11) is 0. The lowest BCUT2D eigenvalue weighted by Crippen LogP contribution is -2.15. The Hall–Kier alpha value is -2.41. The number of thiophene rings is 1. The molecule has 0 radical (unpaired) electrons. The second-order valence-corrected chi connectivity index (χ2v) is 7.13. The minimum absolute atomic E-state index is 0.159. The topological polar surface area (TPSA) is 85.5 Å². The van der Waals surface area contributed by atoms with E-state index in [0.29, 0.717) is 22.4 Å². The van der Waals surface area contributed by atoms with Crippen molar-refractivity contribution < 1.29 is 23.9 Å². The average molecular weight is 363 g/mol. The summed E-state index contributed by atoms with van der Waals surface area (Å²) >= 11 is 1.52. The first-order chi connectivity index (χ1) is 11.8. The Morgan fingerprint density at radius 3 is 2.32 bits per heavy atom. The smallest absolute Gasteiger partial charge is 0.355 e. The fraction of sp³-hybridized carbons (Fsp3) is 0.389. The van der Waals surface area contributed by atoms with Crippen LogP contribution in [0.4, 0.5) is 0 Å². The Morgan fingerprint density at radius 1 is 1.08 bits per heavy atom. The van der Waals surface area contributed by atoms with E-state index in [4.69, 9.17) is 9.47 Å². The third-order valence-corrected chi connectivity index (χ3v) is 4.76. The highest BCUT2D eigenvalue weighted by atomic mass is 32.1. The number of carbonyl (C=O) groups is 3. The highest BCUT2D eigenvalue weighted by molar-refractivity contribution is 7.12. The van der Waals surface area contributed by atoms with Crippen LogP contribution in [0, 0.1) is 27.7 Å². The molecule has 0 atom stereocenters. The van der Waals surface area contributed by atoms with Gasteiger partial charge in [0.15, 0.2) is 6.61 Å². The number of Topliss-reactive ketones (excluding diaryl/α,β-unsaturated/α-hetero) is 1. The average Bonchev–Trinajstić information content (AvgIpc) is 3.03. The van der Waals surface area contributed by atoms with Crippen molar-refractivity contribution in [2.45, 2.75) is 34.6 Å². The van der Waals surface area contributed by atoms with Crippen LogP contribution in [0.25, 0.3) is 0 Å². The monoisotopic (exact) mass is 363 g/mol. The first-order valence-electron chi connectivity index (χ1n) is 7.89. The molecule has 2 heterocycles. The highest BCUT2D eigenvalue weighted by Gasteiger charge is 2.24. The molecule has 7 heteroatoms. The van der Waals surface area contributed by atoms with Crippen molar-refractivity contribution >= 4 is 29.1 Å². The number of aromatic nitrogens is 1. The number of hydrogen-bond acceptors (Lipinski definition) is 6. The fourth-order valence-corrected chi connectivity index (χ4v) is 3.59. The normalized spacial score (nSPS) is 10.6. The number of nitrogens with one attached hydrogen (secondary N) is 1. The van der Waals surface area contributed by atoms with Crippen molar-refractivity contribution in [3.8, 4) is 0 Å². The maximum atomic E-state index is 12.3. The second kappa shape index (κ2) is 7.65. The van der Waals surface area contributed by atoms with E-state index in [1.54, 1.807) is 26.8 Å². The van der Waals surface area contributed by atoms with Gasteiger partial charge in [0.05, 0.1) is 12.2 Å². The molecule has 0 fully saturated rings. The van der Waals surface area contributed by atoms with E-state index < -0.39 is 11.9 Å². The molecule has 134 valence electrons. The van der Waals surface area contributed by atoms with Gasteiger partial charge >= 0.3 is 11.9 Å². The van der Waals surface area contributed by atoms with Crippen LogP contribution in [0.2, 0.25) is 0 Å². The van der Waals surface area contributed by atoms with E-state index in [-0.39, 0.29) is 24.7 Å². The van der Waals surface area contributed by atoms with E-state index in [1.807, 2.05) is 13.8 Å². The summed E-state index contributed by atoms with van der Waals surface area (Å²) in [6, 6.07) is 1.79. The van der Waals surface area contributed by atoms with Crippen molar-refractivity contribution in [2.24, 2.45) is 0 Å². The van der Waals surface area contributed by atoms with Gasteiger partial charge in [0.1, 0.15) is 5.69 Å². The number of ether oxygens (including phenoxy) is 2. The number of carbonyl (C=O) groups excluding carboxylic acids is 3. The van der Waals surface area contributed by atoms with Crippen molar-refractivity contribution in [3.05, 3.63) is 43.9 Å². The molecule has 0 aliphatic heterocycles. The summed E-state index contributed by atoms with van der Waals surface area (Å²) in [4.78, 5) is 41.2. The van der Waals surface area contributed by atoms with Crippen LogP contribution in [0.1, 0.15) is 59.1 Å². The molecule has 25 heavy (non-hydrogen) atoms. The first kappa shape index (κ1) is 18.9. The van der Waals surface area contributed by atoms with Gasteiger partial charge < -0.3 is 14.5 Å². The molecule has 6 nitrogen and oxygen atoms in total. The molecule has 1 N–H and O–H groups in total. The maximum Gasteiger partial charge on any atom is 0.355 e. The third-order valence-electron chi connectivity index (χ3n) is 3.80. The van der Waals surface area contributed by atoms with Gasteiger partial charge in [0.2, 0.25) is 5.78 Å². The number of ketones is 1. The lowest BCUT2D eigenvalue weighted by atomic mass is 10.1. The lowest BCUT2D eigenvalue weighted by Gasteiger charge is -2.04. The maximum absolute atomic E-state index is 12.3. The molecular weight excluding hydrogens is 342 g/mol. The minimum atomic E-state index is -0.672. The number of aromatic amines is 1. The number of esters is 2. The van der Waals surface area contributed by atoms with Gasteiger partial charge in [-0.3, -0.25) is 4.79 Å². The summed E-state index contributed by atoms with van der Waals surface area (Å²) in [5.74, 6) is -1.41. The zero-order chi connectivity index (χ0) is 18.7. The molecule has 0 spiro atoms. The fourth-order valence-electron chi connectivity index (χ4n) is 2.65. The SMILES string of the molecule is CCOC(=O)c1c(C)[nH]c(C(=O)OCC(=O)c2cc(C)sc2C)c1C. The third kappa shape index (κ3) is 3.99. The van der Waals surface area contributed by atoms with Gasteiger partial charge in [-0.1, -0.05) is 0 Å². The second-order valence-electron chi connectivity index (χ2n) is 5.67. The van der Waals surface area contributed by atoms with Gasteiger partial charge in [-0.25, -0.2) is 9.59 Å². The molecule has 0 aliphatic rings. The van der Waals surface area contributed by atoms with Crippen LogP contribution in [0.15, 0.2) is 6.07 Å². The van der Waals surface area contributed by atoms with E-state index in [9.17, 15) is 14.4 Å². The minimum Gasteiger partial charge on any atom is -0.462 e. The van der Waals surface area contributed by atoms with E-state index in [2.05, 4.69) is 4.98 Å². The Balaban J connectivity index is 2.11. The lowest BCUT2D eigenvalue weighted by molar-refractivity contribution is 0.0468.